The van der Waals surface area contributed by atoms with Gasteiger partial charge >= 0.3 is 17.9 Å². The maximum absolute atomic E-state index is 12.1. The predicted octanol–water partition coefficient (Wildman–Crippen LogP) is 7.28. The molecule has 2 saturated carbocycles. The number of fused-ring (bicyclic) bond motifs is 4. The number of aliphatic carboxylic acids is 1. The summed E-state index contributed by atoms with van der Waals surface area (Å²) in [7, 11) is 1.84. The Kier molecular flexibility index (Phi) is 8.90. The first-order valence-electron chi connectivity index (χ1n) is 15.9. The van der Waals surface area contributed by atoms with Crippen molar-refractivity contribution in [2.45, 2.75) is 132 Å². The van der Waals surface area contributed by atoms with Gasteiger partial charge < -0.3 is 19.3 Å². The number of carboxylic acid groups (broad SMARTS) is 1. The third-order valence-electron chi connectivity index (χ3n) is 12.9. The molecule has 0 radical (unpaired) electrons. The molecule has 2 fully saturated rings. The second-order valence-corrected chi connectivity index (χ2v) is 15.1. The van der Waals surface area contributed by atoms with Crippen LogP contribution >= 0.6 is 0 Å². The molecular weight excluding hydrogens is 532 g/mol. The minimum atomic E-state index is -0.948. The van der Waals surface area contributed by atoms with E-state index in [1.165, 1.54) is 19.4 Å². The summed E-state index contributed by atoms with van der Waals surface area (Å²) in [5.74, 6) is -0.746. The number of carbonyl (C=O) groups excluding carboxylic acids is 2. The van der Waals surface area contributed by atoms with Crippen LogP contribution in [0.3, 0.4) is 0 Å². The molecule has 4 aliphatic carbocycles. The van der Waals surface area contributed by atoms with E-state index >= 15 is 0 Å². The van der Waals surface area contributed by atoms with Gasteiger partial charge in [0, 0.05) is 38.4 Å². The summed E-state index contributed by atoms with van der Waals surface area (Å²) < 4.78 is 18.1. The summed E-state index contributed by atoms with van der Waals surface area (Å²) in [6.45, 7) is 18.6. The highest BCUT2D eigenvalue weighted by Crippen LogP contribution is 2.73. The SMILES string of the molecule is CO[C@@H]1C[C@H]2C(C)(C)[C@H](OC(C)=O)CC[C@]2(C)C2=C1[C@]1(C)CC[C@H]([C@H](C)[C@H](C/C=C(\C)C(=O)O)OC(C)=O)[C@@]1(C)CC2. The molecule has 1 N–H and O–H groups in total. The van der Waals surface area contributed by atoms with Gasteiger partial charge in [0.2, 0.25) is 0 Å². The fourth-order valence-electron chi connectivity index (χ4n) is 10.3. The average molecular weight is 587 g/mol. The molecule has 7 heteroatoms. The van der Waals surface area contributed by atoms with Gasteiger partial charge in [-0.15, -0.1) is 0 Å². The van der Waals surface area contributed by atoms with Gasteiger partial charge in [-0.2, -0.15) is 0 Å². The van der Waals surface area contributed by atoms with Crippen LogP contribution in [0.5, 0.6) is 0 Å². The number of esters is 2. The lowest BCUT2D eigenvalue weighted by molar-refractivity contribution is -0.170. The fraction of sp³-hybridized carbons (Fsp3) is 0.800. The van der Waals surface area contributed by atoms with Crippen molar-refractivity contribution in [3.05, 3.63) is 22.8 Å². The molecule has 0 saturated heterocycles. The van der Waals surface area contributed by atoms with E-state index in [9.17, 15) is 19.5 Å². The van der Waals surface area contributed by atoms with Crippen molar-refractivity contribution in [3.63, 3.8) is 0 Å². The minimum Gasteiger partial charge on any atom is -0.478 e. The Balaban J connectivity index is 1.72. The molecule has 0 aromatic carbocycles. The zero-order valence-electron chi connectivity index (χ0n) is 27.6. The maximum atomic E-state index is 12.1. The maximum Gasteiger partial charge on any atom is 0.330 e. The van der Waals surface area contributed by atoms with E-state index in [4.69, 9.17) is 14.2 Å². The van der Waals surface area contributed by atoms with Gasteiger partial charge in [-0.25, -0.2) is 4.79 Å². The molecule has 236 valence electrons. The van der Waals surface area contributed by atoms with E-state index < -0.39 is 5.97 Å². The summed E-state index contributed by atoms with van der Waals surface area (Å²) in [4.78, 5) is 35.6. The zero-order valence-corrected chi connectivity index (χ0v) is 27.6. The summed E-state index contributed by atoms with van der Waals surface area (Å²) in [6, 6.07) is 0. The van der Waals surface area contributed by atoms with Crippen molar-refractivity contribution in [3.8, 4) is 0 Å². The molecule has 0 aromatic rings. The number of hydrogen-bond acceptors (Lipinski definition) is 6. The largest absolute Gasteiger partial charge is 0.478 e. The normalized spacial score (nSPS) is 39.0. The lowest BCUT2D eigenvalue weighted by atomic mass is 9.42. The van der Waals surface area contributed by atoms with Crippen LogP contribution in [0.4, 0.5) is 0 Å². The molecule has 0 aromatic heterocycles. The molecule has 0 bridgehead atoms. The number of hydrogen-bond donors (Lipinski definition) is 1. The van der Waals surface area contributed by atoms with E-state index in [0.717, 1.165) is 44.9 Å². The van der Waals surface area contributed by atoms with E-state index in [-0.39, 0.29) is 63.4 Å². The van der Waals surface area contributed by atoms with Gasteiger partial charge in [0.25, 0.3) is 0 Å². The number of carboxylic acids is 1. The molecule has 9 atom stereocenters. The van der Waals surface area contributed by atoms with Crippen molar-refractivity contribution < 1.29 is 33.7 Å². The minimum absolute atomic E-state index is 0.0116. The van der Waals surface area contributed by atoms with Crippen LogP contribution in [0.2, 0.25) is 0 Å². The highest BCUT2D eigenvalue weighted by Gasteiger charge is 2.66. The highest BCUT2D eigenvalue weighted by atomic mass is 16.5. The zero-order chi connectivity index (χ0) is 31.4. The number of allylic oxidation sites excluding steroid dienone is 1. The Morgan fingerprint density at radius 3 is 2.24 bits per heavy atom. The van der Waals surface area contributed by atoms with E-state index in [2.05, 4.69) is 41.5 Å². The Labute approximate surface area is 252 Å². The Morgan fingerprint density at radius 2 is 1.67 bits per heavy atom. The van der Waals surface area contributed by atoms with Crippen molar-refractivity contribution >= 4 is 17.9 Å². The van der Waals surface area contributed by atoms with Crippen molar-refractivity contribution in [1.29, 1.82) is 0 Å². The van der Waals surface area contributed by atoms with Crippen LogP contribution in [0.1, 0.15) is 114 Å². The van der Waals surface area contributed by atoms with E-state index in [1.807, 2.05) is 7.11 Å². The Morgan fingerprint density at radius 1 is 1.00 bits per heavy atom. The third kappa shape index (κ3) is 5.16. The quantitative estimate of drug-likeness (QED) is 0.181. The number of ether oxygens (including phenoxy) is 3. The number of methoxy groups -OCH3 is 1. The Bertz CT molecular complexity index is 1170. The van der Waals surface area contributed by atoms with Gasteiger partial charge in [-0.3, -0.25) is 9.59 Å². The smallest absolute Gasteiger partial charge is 0.330 e. The molecule has 4 rings (SSSR count). The molecular formula is C35H54O7. The predicted molar refractivity (Wildman–Crippen MR) is 162 cm³/mol. The standard InChI is InChI=1S/C35H54O7/c1-20(31(38)39)11-12-26(41-22(3)36)21(2)24-13-18-35(9)30-25(14-17-34(24,35)8)33(7)16-15-29(42-23(4)37)32(5,6)28(33)19-27(30)40-10/h11,21,24,26-29H,12-19H2,1-10H3,(H,38,39)/b20-11+/t21-,24+,26-,27+,28-,29+,33+,34+,35-/m0/s1. The van der Waals surface area contributed by atoms with Gasteiger partial charge in [0.1, 0.15) is 12.2 Å². The second-order valence-electron chi connectivity index (χ2n) is 15.1. The molecule has 42 heavy (non-hydrogen) atoms. The molecule has 0 amide bonds. The molecule has 0 unspecified atom stereocenters. The first kappa shape index (κ1) is 32.8. The summed E-state index contributed by atoms with van der Waals surface area (Å²) >= 11 is 0. The van der Waals surface area contributed by atoms with Crippen molar-refractivity contribution in [1.82, 2.24) is 0 Å². The molecule has 7 nitrogen and oxygen atoms in total. The lowest BCUT2D eigenvalue weighted by Gasteiger charge is -2.63. The third-order valence-corrected chi connectivity index (χ3v) is 12.9. The monoisotopic (exact) mass is 586 g/mol. The van der Waals surface area contributed by atoms with Gasteiger partial charge in [0.15, 0.2) is 0 Å². The van der Waals surface area contributed by atoms with E-state index in [0.29, 0.717) is 18.3 Å². The van der Waals surface area contributed by atoms with Crippen molar-refractivity contribution in [2.75, 3.05) is 7.11 Å². The van der Waals surface area contributed by atoms with Crippen molar-refractivity contribution in [2.24, 2.45) is 39.4 Å². The van der Waals surface area contributed by atoms with Gasteiger partial charge in [0.05, 0.1) is 6.10 Å². The van der Waals surface area contributed by atoms with Gasteiger partial charge in [-0.05, 0) is 91.4 Å². The van der Waals surface area contributed by atoms with E-state index in [1.54, 1.807) is 18.6 Å². The second kappa shape index (κ2) is 11.4. The topological polar surface area (TPSA) is 99.1 Å². The first-order chi connectivity index (χ1) is 19.4. The number of rotatable bonds is 8. The Hall–Kier alpha value is -2.15. The highest BCUT2D eigenvalue weighted by molar-refractivity contribution is 5.85. The first-order valence-corrected chi connectivity index (χ1v) is 15.9. The van der Waals surface area contributed by atoms with Crippen LogP contribution < -0.4 is 0 Å². The summed E-state index contributed by atoms with van der Waals surface area (Å²) in [6.07, 6.45) is 8.58. The molecule has 0 spiro atoms. The number of carbonyl (C=O) groups is 3. The molecule has 4 aliphatic rings. The summed E-state index contributed by atoms with van der Waals surface area (Å²) in [5.41, 5.74) is 3.13. The summed E-state index contributed by atoms with van der Waals surface area (Å²) in [5, 5.41) is 9.39. The van der Waals surface area contributed by atoms with Crippen LogP contribution in [0.15, 0.2) is 22.8 Å². The fourth-order valence-corrected chi connectivity index (χ4v) is 10.3. The van der Waals surface area contributed by atoms with Gasteiger partial charge in [-0.1, -0.05) is 53.2 Å². The van der Waals surface area contributed by atoms with Crippen LogP contribution in [0.25, 0.3) is 0 Å². The molecule has 0 aliphatic heterocycles. The average Bonchev–Trinajstić information content (AvgIpc) is 3.18. The van der Waals surface area contributed by atoms with Crippen LogP contribution in [-0.2, 0) is 28.6 Å². The lowest BCUT2D eigenvalue weighted by Crippen LogP contribution is -2.58. The van der Waals surface area contributed by atoms with Crippen LogP contribution in [-0.4, -0.2) is 48.4 Å². The molecule has 0 heterocycles. The van der Waals surface area contributed by atoms with Crippen LogP contribution in [0, 0.1) is 39.4 Å².